The van der Waals surface area contributed by atoms with Gasteiger partial charge in [0.05, 0.1) is 12.2 Å². The van der Waals surface area contributed by atoms with Gasteiger partial charge in [0.25, 0.3) is 0 Å². The minimum Gasteiger partial charge on any atom is -0.481 e. The fraction of sp³-hybridized carbons (Fsp3) is 0.368. The quantitative estimate of drug-likeness (QED) is 0.812. The predicted molar refractivity (Wildman–Crippen MR) is 88.4 cm³/mol. The first-order chi connectivity index (χ1) is 9.95. The van der Waals surface area contributed by atoms with E-state index in [2.05, 4.69) is 64.2 Å². The zero-order valence-corrected chi connectivity index (χ0v) is 13.5. The van der Waals surface area contributed by atoms with E-state index in [1.54, 1.807) is 0 Å². The SMILES string of the molecule is Cc1cc(C)c(C2CNc3cc(C)cc(C)c3O2)c(C)c1. The highest BCUT2D eigenvalue weighted by Crippen LogP contribution is 2.39. The zero-order chi connectivity index (χ0) is 15.1. The number of hydrogen-bond acceptors (Lipinski definition) is 2. The second-order valence-corrected chi connectivity index (χ2v) is 6.26. The van der Waals surface area contributed by atoms with Crippen LogP contribution in [0.15, 0.2) is 24.3 Å². The Kier molecular flexibility index (Phi) is 3.40. The molecule has 1 N–H and O–H groups in total. The molecule has 0 aliphatic carbocycles. The van der Waals surface area contributed by atoms with Crippen LogP contribution in [0.1, 0.15) is 39.5 Å². The lowest BCUT2D eigenvalue weighted by atomic mass is 9.94. The van der Waals surface area contributed by atoms with Gasteiger partial charge in [-0.3, -0.25) is 0 Å². The van der Waals surface area contributed by atoms with Crippen LogP contribution in [-0.2, 0) is 0 Å². The second kappa shape index (κ2) is 5.10. The van der Waals surface area contributed by atoms with Gasteiger partial charge in [-0.05, 0) is 68.5 Å². The van der Waals surface area contributed by atoms with Gasteiger partial charge in [-0.2, -0.15) is 0 Å². The lowest BCUT2D eigenvalue weighted by Gasteiger charge is -2.31. The maximum Gasteiger partial charge on any atom is 0.146 e. The van der Waals surface area contributed by atoms with Crippen molar-refractivity contribution in [1.82, 2.24) is 0 Å². The smallest absolute Gasteiger partial charge is 0.146 e. The molecule has 3 rings (SSSR count). The minimum absolute atomic E-state index is 0.0829. The molecule has 0 bridgehead atoms. The van der Waals surface area contributed by atoms with Crippen molar-refractivity contribution in [3.8, 4) is 5.75 Å². The largest absolute Gasteiger partial charge is 0.481 e. The van der Waals surface area contributed by atoms with Crippen molar-refractivity contribution in [2.75, 3.05) is 11.9 Å². The Morgan fingerprint density at radius 2 is 1.43 bits per heavy atom. The lowest BCUT2D eigenvalue weighted by Crippen LogP contribution is -2.25. The summed E-state index contributed by atoms with van der Waals surface area (Å²) in [7, 11) is 0. The monoisotopic (exact) mass is 281 g/mol. The van der Waals surface area contributed by atoms with Gasteiger partial charge >= 0.3 is 0 Å². The van der Waals surface area contributed by atoms with E-state index in [1.165, 1.54) is 33.4 Å². The molecule has 0 radical (unpaired) electrons. The summed E-state index contributed by atoms with van der Waals surface area (Å²) in [4.78, 5) is 0. The van der Waals surface area contributed by atoms with Gasteiger partial charge in [0.1, 0.15) is 11.9 Å². The molecule has 1 atom stereocenters. The number of ether oxygens (including phenoxy) is 1. The molecule has 0 aromatic heterocycles. The molecule has 1 aliphatic heterocycles. The van der Waals surface area contributed by atoms with Gasteiger partial charge in [0.2, 0.25) is 0 Å². The van der Waals surface area contributed by atoms with Gasteiger partial charge in [-0.1, -0.05) is 23.8 Å². The molecule has 2 aromatic carbocycles. The van der Waals surface area contributed by atoms with Crippen molar-refractivity contribution in [3.05, 3.63) is 57.6 Å². The Morgan fingerprint density at radius 1 is 0.857 bits per heavy atom. The molecule has 0 saturated heterocycles. The van der Waals surface area contributed by atoms with Crippen molar-refractivity contribution >= 4 is 5.69 Å². The fourth-order valence-corrected chi connectivity index (χ4v) is 3.49. The molecule has 21 heavy (non-hydrogen) atoms. The molecular formula is C19H23NO. The minimum atomic E-state index is 0.0829. The zero-order valence-electron chi connectivity index (χ0n) is 13.5. The molecule has 0 spiro atoms. The summed E-state index contributed by atoms with van der Waals surface area (Å²) < 4.78 is 6.34. The summed E-state index contributed by atoms with van der Waals surface area (Å²) in [6, 6.07) is 8.82. The summed E-state index contributed by atoms with van der Waals surface area (Å²) in [6.07, 6.45) is 0.0829. The van der Waals surface area contributed by atoms with E-state index in [0.717, 1.165) is 18.0 Å². The topological polar surface area (TPSA) is 21.3 Å². The molecular weight excluding hydrogens is 258 g/mol. The van der Waals surface area contributed by atoms with Gasteiger partial charge in [0, 0.05) is 0 Å². The summed E-state index contributed by atoms with van der Waals surface area (Å²) in [5.74, 6) is 0.997. The normalized spacial score (nSPS) is 16.9. The number of hydrogen-bond donors (Lipinski definition) is 1. The van der Waals surface area contributed by atoms with Crippen molar-refractivity contribution in [2.45, 2.75) is 40.7 Å². The standard InChI is InChI=1S/C19H23NO/c1-11-6-13(3)18(14(4)7-11)17-10-20-16-9-12(2)8-15(5)19(16)21-17/h6-9,17,20H,10H2,1-5H3. The van der Waals surface area contributed by atoms with Crippen LogP contribution in [0.2, 0.25) is 0 Å². The number of aryl methyl sites for hydroxylation is 5. The van der Waals surface area contributed by atoms with Gasteiger partial charge in [0.15, 0.2) is 0 Å². The van der Waals surface area contributed by atoms with Crippen LogP contribution in [0.25, 0.3) is 0 Å². The highest BCUT2D eigenvalue weighted by Gasteiger charge is 2.25. The van der Waals surface area contributed by atoms with Crippen LogP contribution in [0.3, 0.4) is 0 Å². The summed E-state index contributed by atoms with van der Waals surface area (Å²) >= 11 is 0. The fourth-order valence-electron chi connectivity index (χ4n) is 3.49. The molecule has 0 saturated carbocycles. The van der Waals surface area contributed by atoms with Crippen molar-refractivity contribution in [1.29, 1.82) is 0 Å². The van der Waals surface area contributed by atoms with Gasteiger partial charge < -0.3 is 10.1 Å². The lowest BCUT2D eigenvalue weighted by molar-refractivity contribution is 0.207. The van der Waals surface area contributed by atoms with Crippen LogP contribution < -0.4 is 10.1 Å². The van der Waals surface area contributed by atoms with E-state index in [0.29, 0.717) is 0 Å². The first-order valence-corrected chi connectivity index (χ1v) is 7.55. The van der Waals surface area contributed by atoms with E-state index >= 15 is 0 Å². The van der Waals surface area contributed by atoms with Crippen LogP contribution >= 0.6 is 0 Å². The molecule has 2 heteroatoms. The third-order valence-corrected chi connectivity index (χ3v) is 4.22. The third kappa shape index (κ3) is 2.51. The Balaban J connectivity index is 2.01. The summed E-state index contributed by atoms with van der Waals surface area (Å²) in [6.45, 7) is 11.6. The van der Waals surface area contributed by atoms with E-state index in [4.69, 9.17) is 4.74 Å². The van der Waals surface area contributed by atoms with E-state index < -0.39 is 0 Å². The van der Waals surface area contributed by atoms with E-state index in [1.807, 2.05) is 0 Å². The maximum atomic E-state index is 6.34. The van der Waals surface area contributed by atoms with E-state index in [9.17, 15) is 0 Å². The Labute approximate surface area is 127 Å². The Bertz CT molecular complexity index is 680. The van der Waals surface area contributed by atoms with Gasteiger partial charge in [-0.25, -0.2) is 0 Å². The first-order valence-electron chi connectivity index (χ1n) is 7.55. The molecule has 2 aromatic rings. The summed E-state index contributed by atoms with van der Waals surface area (Å²) in [5, 5.41) is 3.54. The maximum absolute atomic E-state index is 6.34. The average Bonchev–Trinajstić information content (AvgIpc) is 2.38. The molecule has 0 amide bonds. The van der Waals surface area contributed by atoms with Crippen LogP contribution in [0.4, 0.5) is 5.69 Å². The number of rotatable bonds is 1. The number of nitrogens with one attached hydrogen (secondary N) is 1. The molecule has 1 aliphatic rings. The average molecular weight is 281 g/mol. The molecule has 0 fully saturated rings. The molecule has 1 heterocycles. The Morgan fingerprint density at radius 3 is 2.10 bits per heavy atom. The molecule has 2 nitrogen and oxygen atoms in total. The number of anilines is 1. The number of fused-ring (bicyclic) bond motifs is 1. The van der Waals surface area contributed by atoms with Crippen LogP contribution in [-0.4, -0.2) is 6.54 Å². The molecule has 110 valence electrons. The third-order valence-electron chi connectivity index (χ3n) is 4.22. The predicted octanol–water partition coefficient (Wildman–Crippen LogP) is 4.77. The Hall–Kier alpha value is -1.96. The van der Waals surface area contributed by atoms with Crippen molar-refractivity contribution in [2.24, 2.45) is 0 Å². The second-order valence-electron chi connectivity index (χ2n) is 6.26. The van der Waals surface area contributed by atoms with E-state index in [-0.39, 0.29) is 6.10 Å². The molecule has 1 unspecified atom stereocenters. The van der Waals surface area contributed by atoms with Crippen molar-refractivity contribution < 1.29 is 4.74 Å². The van der Waals surface area contributed by atoms with Crippen LogP contribution in [0.5, 0.6) is 5.75 Å². The summed E-state index contributed by atoms with van der Waals surface area (Å²) in [5.41, 5.74) is 8.84. The van der Waals surface area contributed by atoms with Gasteiger partial charge in [-0.15, -0.1) is 0 Å². The highest BCUT2D eigenvalue weighted by atomic mass is 16.5. The van der Waals surface area contributed by atoms with Crippen LogP contribution in [0, 0.1) is 34.6 Å². The number of benzene rings is 2. The van der Waals surface area contributed by atoms with Crippen molar-refractivity contribution in [3.63, 3.8) is 0 Å². The first kappa shape index (κ1) is 14.0. The highest BCUT2D eigenvalue weighted by molar-refractivity contribution is 5.63.